The highest BCUT2D eigenvalue weighted by atomic mass is 19.1. The van der Waals surface area contributed by atoms with Crippen LogP contribution in [0.15, 0.2) is 18.2 Å². The van der Waals surface area contributed by atoms with Gasteiger partial charge in [0.25, 0.3) is 0 Å². The van der Waals surface area contributed by atoms with Crippen LogP contribution >= 0.6 is 0 Å². The number of halogens is 2. The molecule has 0 aliphatic rings. The Hall–Kier alpha value is -1.29. The topological polar surface area (TPSA) is 29.1 Å². The van der Waals surface area contributed by atoms with E-state index in [1.165, 1.54) is 19.1 Å². The fourth-order valence-electron chi connectivity index (χ4n) is 1.80. The Morgan fingerprint density at radius 2 is 2.00 bits per heavy atom. The largest absolute Gasteiger partial charge is 0.315 e. The van der Waals surface area contributed by atoms with Crippen molar-refractivity contribution in [3.8, 4) is 0 Å². The molecule has 0 fully saturated rings. The van der Waals surface area contributed by atoms with Crippen LogP contribution in [0.5, 0.6) is 0 Å². The molecule has 0 heterocycles. The molecule has 1 N–H and O–H groups in total. The Kier molecular flexibility index (Phi) is 4.96. The number of hydrogen-bond acceptors (Lipinski definition) is 2. The average Bonchev–Trinajstić information content (AvgIpc) is 2.23. The van der Waals surface area contributed by atoms with Crippen LogP contribution in [0.2, 0.25) is 0 Å². The van der Waals surface area contributed by atoms with Crippen LogP contribution in [0.4, 0.5) is 8.78 Å². The van der Waals surface area contributed by atoms with E-state index in [0.29, 0.717) is 25.1 Å². The van der Waals surface area contributed by atoms with Crippen LogP contribution in [0.1, 0.15) is 32.8 Å². The monoisotopic (exact) mass is 255 g/mol. The quantitative estimate of drug-likeness (QED) is 0.792. The summed E-state index contributed by atoms with van der Waals surface area (Å²) < 4.78 is 26.5. The van der Waals surface area contributed by atoms with Crippen LogP contribution in [-0.4, -0.2) is 18.9 Å². The summed E-state index contributed by atoms with van der Waals surface area (Å²) in [5, 5.41) is 3.12. The minimum Gasteiger partial charge on any atom is -0.315 e. The van der Waals surface area contributed by atoms with Crippen molar-refractivity contribution in [1.82, 2.24) is 5.32 Å². The smallest absolute Gasteiger partial charge is 0.131 e. The highest BCUT2D eigenvalue weighted by Crippen LogP contribution is 2.25. The van der Waals surface area contributed by atoms with E-state index in [9.17, 15) is 13.6 Å². The molecule has 100 valence electrons. The highest BCUT2D eigenvalue weighted by Gasteiger charge is 2.23. The molecule has 0 aliphatic heterocycles. The first-order valence-corrected chi connectivity index (χ1v) is 5.98. The fraction of sp³-hybridized carbons (Fsp3) is 0.500. The molecule has 0 saturated heterocycles. The van der Waals surface area contributed by atoms with E-state index in [1.54, 1.807) is 0 Å². The molecule has 0 unspecified atom stereocenters. The van der Waals surface area contributed by atoms with Gasteiger partial charge in [-0.15, -0.1) is 0 Å². The summed E-state index contributed by atoms with van der Waals surface area (Å²) in [5.74, 6) is -0.988. The van der Waals surface area contributed by atoms with Crippen molar-refractivity contribution < 1.29 is 13.6 Å². The zero-order chi connectivity index (χ0) is 13.8. The Balaban J connectivity index is 2.64. The molecule has 0 aromatic heterocycles. The van der Waals surface area contributed by atoms with Gasteiger partial charge in [0.05, 0.1) is 0 Å². The molecule has 0 aliphatic carbocycles. The maximum atomic E-state index is 13.7. The maximum Gasteiger partial charge on any atom is 0.131 e. The van der Waals surface area contributed by atoms with Gasteiger partial charge >= 0.3 is 0 Å². The van der Waals surface area contributed by atoms with Gasteiger partial charge in [-0.25, -0.2) is 8.78 Å². The number of carbonyl (C=O) groups is 1. The van der Waals surface area contributed by atoms with Crippen molar-refractivity contribution in [3.63, 3.8) is 0 Å². The Morgan fingerprint density at radius 1 is 1.33 bits per heavy atom. The third kappa shape index (κ3) is 4.18. The number of Topliss-reactive ketones (excluding diaryl/α,β-unsaturated/α-hetero) is 1. The Labute approximate surface area is 106 Å². The predicted octanol–water partition coefficient (Wildman–Crippen LogP) is 2.81. The summed E-state index contributed by atoms with van der Waals surface area (Å²) in [6, 6.07) is 3.62. The van der Waals surface area contributed by atoms with Gasteiger partial charge in [-0.3, -0.25) is 4.79 Å². The SMILES string of the molecule is CC(=O)CCNCC(C)(C)c1ccc(F)cc1F. The number of hydrogen-bond donors (Lipinski definition) is 1. The van der Waals surface area contributed by atoms with Crippen LogP contribution in [-0.2, 0) is 10.2 Å². The van der Waals surface area contributed by atoms with Crippen LogP contribution < -0.4 is 5.32 Å². The van der Waals surface area contributed by atoms with Gasteiger partial charge in [0.1, 0.15) is 17.4 Å². The standard InChI is InChI=1S/C14H19F2NO/c1-10(18)6-7-17-9-14(2,3)12-5-4-11(15)8-13(12)16/h4-5,8,17H,6-7,9H2,1-3H3. The van der Waals surface area contributed by atoms with Gasteiger partial charge < -0.3 is 5.32 Å². The second-order valence-corrected chi connectivity index (χ2v) is 5.14. The molecule has 4 heteroatoms. The van der Waals surface area contributed by atoms with Gasteiger partial charge in [0, 0.05) is 31.0 Å². The first-order chi connectivity index (χ1) is 8.33. The van der Waals surface area contributed by atoms with Gasteiger partial charge in [-0.05, 0) is 18.6 Å². The lowest BCUT2D eigenvalue weighted by Gasteiger charge is -2.26. The molecule has 0 atom stereocenters. The zero-order valence-electron chi connectivity index (χ0n) is 11.0. The third-order valence-corrected chi connectivity index (χ3v) is 2.88. The minimum absolute atomic E-state index is 0.119. The first-order valence-electron chi connectivity index (χ1n) is 5.98. The van der Waals surface area contributed by atoms with E-state index in [2.05, 4.69) is 5.32 Å². The molecule has 0 amide bonds. The van der Waals surface area contributed by atoms with Crippen LogP contribution in [0, 0.1) is 11.6 Å². The predicted molar refractivity (Wildman–Crippen MR) is 67.6 cm³/mol. The summed E-state index contributed by atoms with van der Waals surface area (Å²) in [5.41, 5.74) is 0.0217. The normalized spacial score (nSPS) is 11.6. The molecule has 1 aromatic carbocycles. The van der Waals surface area contributed by atoms with Gasteiger partial charge in [0.2, 0.25) is 0 Å². The van der Waals surface area contributed by atoms with E-state index in [-0.39, 0.29) is 5.78 Å². The maximum absolute atomic E-state index is 13.7. The molecular weight excluding hydrogens is 236 g/mol. The van der Waals surface area contributed by atoms with Crippen LogP contribution in [0.25, 0.3) is 0 Å². The van der Waals surface area contributed by atoms with Gasteiger partial charge in [0.15, 0.2) is 0 Å². The molecular formula is C14H19F2NO. The number of nitrogens with one attached hydrogen (secondary N) is 1. The molecule has 18 heavy (non-hydrogen) atoms. The van der Waals surface area contributed by atoms with Crippen molar-refractivity contribution in [2.45, 2.75) is 32.6 Å². The van der Waals surface area contributed by atoms with E-state index in [0.717, 1.165) is 6.07 Å². The molecule has 0 saturated carbocycles. The molecule has 1 aromatic rings. The molecule has 0 spiro atoms. The lowest BCUT2D eigenvalue weighted by molar-refractivity contribution is -0.116. The summed E-state index contributed by atoms with van der Waals surface area (Å²) in [6.07, 6.45) is 0.460. The third-order valence-electron chi connectivity index (χ3n) is 2.88. The Bertz CT molecular complexity index is 430. The second-order valence-electron chi connectivity index (χ2n) is 5.14. The summed E-state index contributed by atoms with van der Waals surface area (Å²) in [4.78, 5) is 10.8. The van der Waals surface area contributed by atoms with E-state index in [1.807, 2.05) is 13.8 Å². The highest BCUT2D eigenvalue weighted by molar-refractivity contribution is 5.75. The van der Waals surface area contributed by atoms with E-state index in [4.69, 9.17) is 0 Å². The molecule has 1 rings (SSSR count). The lowest BCUT2D eigenvalue weighted by Crippen LogP contribution is -2.34. The minimum atomic E-state index is -0.573. The lowest BCUT2D eigenvalue weighted by atomic mass is 9.84. The summed E-state index contributed by atoms with van der Waals surface area (Å²) >= 11 is 0. The second kappa shape index (κ2) is 6.05. The molecule has 0 bridgehead atoms. The van der Waals surface area contributed by atoms with Crippen molar-refractivity contribution in [2.75, 3.05) is 13.1 Å². The molecule has 0 radical (unpaired) electrons. The van der Waals surface area contributed by atoms with E-state index >= 15 is 0 Å². The number of ketones is 1. The van der Waals surface area contributed by atoms with Gasteiger partial charge in [-0.1, -0.05) is 19.9 Å². The van der Waals surface area contributed by atoms with Crippen LogP contribution in [0.3, 0.4) is 0 Å². The van der Waals surface area contributed by atoms with Gasteiger partial charge in [-0.2, -0.15) is 0 Å². The van der Waals surface area contributed by atoms with Crippen molar-refractivity contribution >= 4 is 5.78 Å². The average molecular weight is 255 g/mol. The Morgan fingerprint density at radius 3 is 2.56 bits per heavy atom. The summed E-state index contributed by atoms with van der Waals surface area (Å²) in [6.45, 7) is 6.39. The number of carbonyl (C=O) groups excluding carboxylic acids is 1. The number of benzene rings is 1. The van der Waals surface area contributed by atoms with Crippen molar-refractivity contribution in [1.29, 1.82) is 0 Å². The number of rotatable bonds is 6. The fourth-order valence-corrected chi connectivity index (χ4v) is 1.80. The van der Waals surface area contributed by atoms with E-state index < -0.39 is 17.0 Å². The first kappa shape index (κ1) is 14.8. The molecule has 2 nitrogen and oxygen atoms in total. The van der Waals surface area contributed by atoms with Crippen molar-refractivity contribution in [2.24, 2.45) is 0 Å². The zero-order valence-corrected chi connectivity index (χ0v) is 11.0. The summed E-state index contributed by atoms with van der Waals surface area (Å²) in [7, 11) is 0. The van der Waals surface area contributed by atoms with Crippen molar-refractivity contribution in [3.05, 3.63) is 35.4 Å².